The number of nitrogens with zero attached hydrogens (tertiary/aromatic N) is 5. The third-order valence-corrected chi connectivity index (χ3v) is 9.24. The number of β-lactam (4-membered cyclic amide) rings is 1. The van der Waals surface area contributed by atoms with Crippen molar-refractivity contribution in [3.63, 3.8) is 0 Å². The highest BCUT2D eigenvalue weighted by Gasteiger charge is 2.54. The van der Waals surface area contributed by atoms with Crippen LogP contribution in [-0.2, 0) is 24.0 Å². The zero-order chi connectivity index (χ0) is 30.7. The third-order valence-electron chi connectivity index (χ3n) is 6.15. The summed E-state index contributed by atoms with van der Waals surface area (Å²) in [5.41, 5.74) is 11.7. The van der Waals surface area contributed by atoms with Crippen molar-refractivity contribution in [2.75, 3.05) is 23.8 Å². The lowest BCUT2D eigenvalue weighted by molar-refractivity contribution is -0.150. The SMILES string of the molecule is C=CCN1C(SCC2=C(C(=O)O)N3C(=O)C(NC(=O)C(=NOC(C)C(=O)O)c4csc(N)n4)[C@@H]3SC2)=NC(=N)CC1N. The minimum absolute atomic E-state index is 0.0156. The van der Waals surface area contributed by atoms with E-state index in [-0.39, 0.29) is 40.3 Å². The number of fused-ring (bicyclic) bond motifs is 1. The van der Waals surface area contributed by atoms with E-state index in [0.717, 1.165) is 16.2 Å². The second-order valence-electron chi connectivity index (χ2n) is 9.06. The molecule has 4 heterocycles. The largest absolute Gasteiger partial charge is 0.478 e. The topological polar surface area (TPSA) is 250 Å². The quantitative estimate of drug-likeness (QED) is 0.0803. The number of nitrogens with one attached hydrogen (secondary N) is 2. The highest BCUT2D eigenvalue weighted by molar-refractivity contribution is 8.14. The van der Waals surface area contributed by atoms with Gasteiger partial charge in [0.05, 0.1) is 6.17 Å². The monoisotopic (exact) mass is 637 g/mol. The number of carboxylic acid groups (broad SMARTS) is 2. The first kappa shape index (κ1) is 31.0. The Balaban J connectivity index is 1.50. The lowest BCUT2D eigenvalue weighted by atomic mass is 10.0. The number of oxime groups is 1. The number of hydrogen-bond donors (Lipinski definition) is 6. The predicted molar refractivity (Wildman–Crippen MR) is 158 cm³/mol. The van der Waals surface area contributed by atoms with Crippen LogP contribution >= 0.6 is 34.9 Å². The molecule has 0 radical (unpaired) electrons. The Morgan fingerprint density at radius 1 is 1.43 bits per heavy atom. The Hall–Kier alpha value is -3.94. The average molecular weight is 638 g/mol. The molecule has 3 aliphatic heterocycles. The van der Waals surface area contributed by atoms with Gasteiger partial charge in [-0.1, -0.05) is 23.0 Å². The van der Waals surface area contributed by atoms with E-state index in [2.05, 4.69) is 27.0 Å². The second kappa shape index (κ2) is 12.9. The lowest BCUT2D eigenvalue weighted by Crippen LogP contribution is -2.71. The highest BCUT2D eigenvalue weighted by Crippen LogP contribution is 2.41. The molecule has 1 aromatic rings. The van der Waals surface area contributed by atoms with Gasteiger partial charge in [0, 0.05) is 29.9 Å². The zero-order valence-corrected chi connectivity index (χ0v) is 24.5. The number of nitrogens with two attached hydrogens (primary N) is 2. The van der Waals surface area contributed by atoms with Gasteiger partial charge >= 0.3 is 11.9 Å². The van der Waals surface area contributed by atoms with E-state index in [1.807, 2.05) is 0 Å². The van der Waals surface area contributed by atoms with Gasteiger partial charge in [0.1, 0.15) is 28.6 Å². The van der Waals surface area contributed by atoms with E-state index in [1.165, 1.54) is 35.8 Å². The molecule has 224 valence electrons. The molecule has 1 aromatic heterocycles. The number of aliphatic imine (C=N–C) groups is 1. The number of thioether (sulfide) groups is 2. The number of carbonyl (C=O) groups is 4. The van der Waals surface area contributed by atoms with Crippen LogP contribution in [0.25, 0.3) is 0 Å². The standard InChI is InChI=1S/C23H27N9O7S3/c1-3-4-31-13(25)5-12(24)28-23(31)42-7-10-6-40-19-15(18(34)32(19)16(10)21(37)38)29-17(33)14(11-8-41-22(26)27-11)30-39-9(2)20(35)36/h3,8-9,13,15,19,24H,1,4-7,25H2,2H3,(H2,26,27)(H,29,33)(H,35,36)(H,37,38)/t9?,13?,15?,19-/m0/s1. The minimum Gasteiger partial charge on any atom is -0.478 e. The summed E-state index contributed by atoms with van der Waals surface area (Å²) < 4.78 is 0. The van der Waals surface area contributed by atoms with Gasteiger partial charge in [-0.25, -0.2) is 19.6 Å². The van der Waals surface area contributed by atoms with Crippen molar-refractivity contribution in [2.24, 2.45) is 15.9 Å². The summed E-state index contributed by atoms with van der Waals surface area (Å²) in [6, 6.07) is -1.09. The molecule has 1 fully saturated rings. The fourth-order valence-corrected chi connectivity index (χ4v) is 7.19. The van der Waals surface area contributed by atoms with Gasteiger partial charge in [0.15, 0.2) is 16.0 Å². The molecule has 0 aromatic carbocycles. The Bertz CT molecular complexity index is 1430. The van der Waals surface area contributed by atoms with Gasteiger partial charge in [-0.2, -0.15) is 0 Å². The molecule has 16 nitrogen and oxygen atoms in total. The van der Waals surface area contributed by atoms with Crippen molar-refractivity contribution in [3.8, 4) is 0 Å². The van der Waals surface area contributed by atoms with Crippen LogP contribution in [0.4, 0.5) is 5.13 Å². The van der Waals surface area contributed by atoms with Gasteiger partial charge in [-0.3, -0.25) is 19.9 Å². The van der Waals surface area contributed by atoms with Crippen LogP contribution in [-0.4, -0.2) is 107 Å². The van der Waals surface area contributed by atoms with Crippen LogP contribution in [0.3, 0.4) is 0 Å². The highest BCUT2D eigenvalue weighted by atomic mass is 32.2. The number of aromatic nitrogens is 1. The lowest BCUT2D eigenvalue weighted by Gasteiger charge is -2.49. The molecule has 4 atom stereocenters. The number of anilines is 1. The summed E-state index contributed by atoms with van der Waals surface area (Å²) in [5.74, 6) is -3.61. The Kier molecular flexibility index (Phi) is 9.54. The summed E-state index contributed by atoms with van der Waals surface area (Å²) >= 11 is 3.49. The molecule has 0 spiro atoms. The number of thiazole rings is 1. The second-order valence-corrected chi connectivity index (χ2v) is 12.0. The Morgan fingerprint density at radius 3 is 2.79 bits per heavy atom. The van der Waals surface area contributed by atoms with Crippen molar-refractivity contribution >= 4 is 80.5 Å². The maximum absolute atomic E-state index is 13.2. The number of hydrogen-bond acceptors (Lipinski definition) is 14. The van der Waals surface area contributed by atoms with E-state index in [9.17, 15) is 24.3 Å². The van der Waals surface area contributed by atoms with Crippen LogP contribution in [0.2, 0.25) is 0 Å². The van der Waals surface area contributed by atoms with Crippen LogP contribution < -0.4 is 16.8 Å². The first-order valence-corrected chi connectivity index (χ1v) is 15.1. The first-order valence-electron chi connectivity index (χ1n) is 12.2. The molecule has 3 aliphatic rings. The van der Waals surface area contributed by atoms with E-state index in [1.54, 1.807) is 11.0 Å². The van der Waals surface area contributed by atoms with Crippen molar-refractivity contribution in [1.82, 2.24) is 20.1 Å². The molecule has 2 amide bonds. The fourth-order valence-electron chi connectivity index (χ4n) is 4.08. The fraction of sp³-hybridized carbons (Fsp3) is 0.391. The molecular weight excluding hydrogens is 611 g/mol. The van der Waals surface area contributed by atoms with E-state index in [4.69, 9.17) is 26.8 Å². The number of carboxylic acids is 2. The Labute approximate surface area is 251 Å². The maximum atomic E-state index is 13.2. The molecule has 1 saturated heterocycles. The molecule has 0 bridgehead atoms. The number of amides is 2. The summed E-state index contributed by atoms with van der Waals surface area (Å²) in [7, 11) is 0. The molecule has 4 rings (SSSR count). The van der Waals surface area contributed by atoms with Gasteiger partial charge in [-0.15, -0.1) is 29.7 Å². The maximum Gasteiger partial charge on any atom is 0.352 e. The Morgan fingerprint density at radius 2 is 2.17 bits per heavy atom. The van der Waals surface area contributed by atoms with Crippen molar-refractivity contribution in [2.45, 2.75) is 37.0 Å². The smallest absolute Gasteiger partial charge is 0.352 e. The summed E-state index contributed by atoms with van der Waals surface area (Å²) in [6.45, 7) is 5.33. The molecule has 0 saturated carbocycles. The molecule has 42 heavy (non-hydrogen) atoms. The van der Waals surface area contributed by atoms with Crippen LogP contribution in [0.5, 0.6) is 0 Å². The summed E-state index contributed by atoms with van der Waals surface area (Å²) in [6.07, 6.45) is 0.0740. The molecule has 3 unspecified atom stereocenters. The average Bonchev–Trinajstić information content (AvgIpc) is 3.36. The first-order chi connectivity index (χ1) is 19.9. The van der Waals surface area contributed by atoms with Gasteiger partial charge < -0.3 is 36.7 Å². The van der Waals surface area contributed by atoms with Crippen LogP contribution in [0.15, 0.2) is 39.5 Å². The zero-order valence-electron chi connectivity index (χ0n) is 22.1. The predicted octanol–water partition coefficient (Wildman–Crippen LogP) is -0.0993. The number of nitrogen functional groups attached to an aromatic ring is 1. The third kappa shape index (κ3) is 6.42. The van der Waals surface area contributed by atoms with E-state index in [0.29, 0.717) is 17.3 Å². The number of rotatable bonds is 11. The summed E-state index contributed by atoms with van der Waals surface area (Å²) in [5, 5.41) is 34.5. The van der Waals surface area contributed by atoms with E-state index < -0.39 is 53.2 Å². The number of carbonyl (C=O) groups excluding carboxylic acids is 2. The van der Waals surface area contributed by atoms with Crippen molar-refractivity contribution in [3.05, 3.63) is 35.0 Å². The van der Waals surface area contributed by atoms with Gasteiger partial charge in [-0.05, 0) is 12.5 Å². The molecule has 8 N–H and O–H groups in total. The number of amidine groups is 2. The van der Waals surface area contributed by atoms with Crippen LogP contribution in [0.1, 0.15) is 19.0 Å². The van der Waals surface area contributed by atoms with E-state index >= 15 is 0 Å². The summed E-state index contributed by atoms with van der Waals surface area (Å²) in [4.78, 5) is 65.8. The molecular formula is C23H27N9O7S3. The normalized spacial score (nSPS) is 23.0. The minimum atomic E-state index is -1.37. The molecule has 19 heteroatoms. The van der Waals surface area contributed by atoms with Crippen molar-refractivity contribution in [1.29, 1.82) is 5.41 Å². The van der Waals surface area contributed by atoms with Gasteiger partial charge in [0.2, 0.25) is 6.10 Å². The molecule has 0 aliphatic carbocycles. The van der Waals surface area contributed by atoms with Crippen LogP contribution in [0, 0.1) is 5.41 Å². The van der Waals surface area contributed by atoms with Crippen molar-refractivity contribution < 1.29 is 34.2 Å². The number of aliphatic carboxylic acids is 2. The van der Waals surface area contributed by atoms with Gasteiger partial charge in [0.25, 0.3) is 11.8 Å².